The summed E-state index contributed by atoms with van der Waals surface area (Å²) in [6.45, 7) is 0.102. The number of nitrogens with two attached hydrogens (primary N) is 1. The lowest BCUT2D eigenvalue weighted by Crippen LogP contribution is -2.06. The molecule has 0 aliphatic heterocycles. The molecule has 2 N–H and O–H groups in total. The van der Waals surface area contributed by atoms with E-state index in [1.807, 2.05) is 0 Å². The number of methoxy groups -OCH3 is 2. The maximum atomic E-state index is 13.7. The minimum Gasteiger partial charge on any atom is -0.494 e. The highest BCUT2D eigenvalue weighted by molar-refractivity contribution is 5.91. The molecular formula is C13H14FN3O3. The molecule has 1 aromatic heterocycles. The second-order valence-corrected chi connectivity index (χ2v) is 4.03. The van der Waals surface area contributed by atoms with E-state index in [1.54, 1.807) is 6.07 Å². The minimum absolute atomic E-state index is 0.102. The maximum absolute atomic E-state index is 13.7. The van der Waals surface area contributed by atoms with Crippen molar-refractivity contribution in [1.82, 2.24) is 9.78 Å². The van der Waals surface area contributed by atoms with Gasteiger partial charge in [0.1, 0.15) is 18.2 Å². The fraction of sp³-hybridized carbons (Fsp3) is 0.231. The van der Waals surface area contributed by atoms with Crippen molar-refractivity contribution in [2.75, 3.05) is 20.0 Å². The highest BCUT2D eigenvalue weighted by Gasteiger charge is 2.17. The third kappa shape index (κ3) is 2.35. The van der Waals surface area contributed by atoms with Crippen molar-refractivity contribution in [3.8, 4) is 17.0 Å². The molecule has 106 valence electrons. The van der Waals surface area contributed by atoms with Crippen LogP contribution in [-0.2, 0) is 11.5 Å². The fourth-order valence-corrected chi connectivity index (χ4v) is 1.85. The molecule has 0 saturated heterocycles. The number of rotatable bonds is 5. The van der Waals surface area contributed by atoms with E-state index in [-0.39, 0.29) is 23.9 Å². The van der Waals surface area contributed by atoms with Crippen molar-refractivity contribution < 1.29 is 18.7 Å². The minimum atomic E-state index is -0.540. The first-order valence-corrected chi connectivity index (χ1v) is 5.76. The van der Waals surface area contributed by atoms with E-state index < -0.39 is 5.82 Å². The largest absolute Gasteiger partial charge is 0.494 e. The van der Waals surface area contributed by atoms with Gasteiger partial charge in [-0.1, -0.05) is 0 Å². The van der Waals surface area contributed by atoms with Crippen LogP contribution in [-0.4, -0.2) is 30.3 Å². The summed E-state index contributed by atoms with van der Waals surface area (Å²) in [5, 5.41) is 4.17. The van der Waals surface area contributed by atoms with Gasteiger partial charge >= 0.3 is 0 Å². The second kappa shape index (κ2) is 5.70. The van der Waals surface area contributed by atoms with Crippen LogP contribution in [0.1, 0.15) is 10.4 Å². The summed E-state index contributed by atoms with van der Waals surface area (Å²) >= 11 is 0. The molecule has 0 aliphatic carbocycles. The summed E-state index contributed by atoms with van der Waals surface area (Å²) in [7, 11) is 2.86. The molecule has 0 radical (unpaired) electrons. The number of nitrogens with zero attached hydrogens (tertiary/aromatic N) is 2. The van der Waals surface area contributed by atoms with E-state index in [9.17, 15) is 9.18 Å². The van der Waals surface area contributed by atoms with Gasteiger partial charge in [0.2, 0.25) is 0 Å². The lowest BCUT2D eigenvalue weighted by molar-refractivity contribution is 0.112. The molecule has 0 saturated carbocycles. The Morgan fingerprint density at radius 2 is 2.20 bits per heavy atom. The molecule has 2 aromatic rings. The normalized spacial score (nSPS) is 10.6. The molecule has 7 heteroatoms. The predicted molar refractivity (Wildman–Crippen MR) is 71.0 cm³/mol. The summed E-state index contributed by atoms with van der Waals surface area (Å²) < 4.78 is 24.8. The predicted octanol–water partition coefficient (Wildman–Crippen LogP) is 1.70. The van der Waals surface area contributed by atoms with Gasteiger partial charge in [-0.15, -0.1) is 0 Å². The zero-order valence-corrected chi connectivity index (χ0v) is 11.1. The standard InChI is InChI=1S/C13H14FN3O3/c1-19-7-17-13(15)9(6-18)12(16-17)8-3-4-11(20-2)10(14)5-8/h3-6H,7,15H2,1-2H3. The summed E-state index contributed by atoms with van der Waals surface area (Å²) in [6.07, 6.45) is 0.589. The highest BCUT2D eigenvalue weighted by Crippen LogP contribution is 2.29. The monoisotopic (exact) mass is 279 g/mol. The first kappa shape index (κ1) is 14.0. The Labute approximate surface area is 114 Å². The van der Waals surface area contributed by atoms with Gasteiger partial charge in [0.25, 0.3) is 0 Å². The average Bonchev–Trinajstić information content (AvgIpc) is 2.76. The number of aldehydes is 1. The van der Waals surface area contributed by atoms with E-state index in [2.05, 4.69) is 5.10 Å². The van der Waals surface area contributed by atoms with Gasteiger partial charge < -0.3 is 15.2 Å². The van der Waals surface area contributed by atoms with Crippen molar-refractivity contribution in [3.05, 3.63) is 29.6 Å². The smallest absolute Gasteiger partial charge is 0.165 e. The van der Waals surface area contributed by atoms with Gasteiger partial charge in [0.15, 0.2) is 17.9 Å². The van der Waals surface area contributed by atoms with Crippen LogP contribution < -0.4 is 10.5 Å². The average molecular weight is 279 g/mol. The molecule has 0 amide bonds. The Kier molecular flexibility index (Phi) is 3.99. The van der Waals surface area contributed by atoms with Crippen molar-refractivity contribution in [2.45, 2.75) is 6.73 Å². The Balaban J connectivity index is 2.54. The number of hydrogen-bond acceptors (Lipinski definition) is 5. The van der Waals surface area contributed by atoms with Gasteiger partial charge in [-0.2, -0.15) is 5.10 Å². The molecule has 2 rings (SSSR count). The SMILES string of the molecule is COCn1nc(-c2ccc(OC)c(F)c2)c(C=O)c1N. The topological polar surface area (TPSA) is 79.4 Å². The number of hydrogen-bond donors (Lipinski definition) is 1. The molecule has 0 unspecified atom stereocenters. The Hall–Kier alpha value is -2.41. The molecule has 6 nitrogen and oxygen atoms in total. The lowest BCUT2D eigenvalue weighted by atomic mass is 10.1. The van der Waals surface area contributed by atoms with Crippen LogP contribution in [0.15, 0.2) is 18.2 Å². The van der Waals surface area contributed by atoms with Gasteiger partial charge in [-0.3, -0.25) is 4.79 Å². The van der Waals surface area contributed by atoms with Crippen LogP contribution in [0, 0.1) is 5.82 Å². The number of carbonyl (C=O) groups excluding carboxylic acids is 1. The molecule has 0 bridgehead atoms. The summed E-state index contributed by atoms with van der Waals surface area (Å²) in [5.41, 5.74) is 6.74. The molecule has 20 heavy (non-hydrogen) atoms. The zero-order chi connectivity index (χ0) is 14.7. The third-order valence-corrected chi connectivity index (χ3v) is 2.82. The number of halogens is 1. The molecule has 0 aliphatic rings. The van der Waals surface area contributed by atoms with E-state index in [1.165, 1.54) is 31.0 Å². The Morgan fingerprint density at radius 3 is 2.75 bits per heavy atom. The van der Waals surface area contributed by atoms with E-state index in [0.717, 1.165) is 0 Å². The molecule has 0 spiro atoms. The number of aromatic nitrogens is 2. The van der Waals surface area contributed by atoms with Crippen molar-refractivity contribution >= 4 is 12.1 Å². The van der Waals surface area contributed by atoms with Gasteiger partial charge in [-0.25, -0.2) is 9.07 Å². The molecule has 0 atom stereocenters. The second-order valence-electron chi connectivity index (χ2n) is 4.03. The summed E-state index contributed by atoms with van der Waals surface area (Å²) in [4.78, 5) is 11.2. The fourth-order valence-electron chi connectivity index (χ4n) is 1.85. The number of anilines is 1. The lowest BCUT2D eigenvalue weighted by Gasteiger charge is -2.03. The van der Waals surface area contributed by atoms with Crippen LogP contribution in [0.5, 0.6) is 5.75 Å². The highest BCUT2D eigenvalue weighted by atomic mass is 19.1. The van der Waals surface area contributed by atoms with E-state index >= 15 is 0 Å². The Bertz CT molecular complexity index is 640. The van der Waals surface area contributed by atoms with Crippen LogP contribution in [0.2, 0.25) is 0 Å². The Morgan fingerprint density at radius 1 is 1.45 bits per heavy atom. The molecule has 1 heterocycles. The number of benzene rings is 1. The number of nitrogen functional groups attached to an aromatic ring is 1. The first-order valence-electron chi connectivity index (χ1n) is 5.76. The quantitative estimate of drug-likeness (QED) is 0.843. The zero-order valence-electron chi connectivity index (χ0n) is 11.1. The van der Waals surface area contributed by atoms with Gasteiger partial charge in [-0.05, 0) is 18.2 Å². The van der Waals surface area contributed by atoms with Gasteiger partial charge in [0.05, 0.1) is 12.7 Å². The number of ether oxygens (including phenoxy) is 2. The van der Waals surface area contributed by atoms with E-state index in [4.69, 9.17) is 15.2 Å². The van der Waals surface area contributed by atoms with Crippen molar-refractivity contribution in [3.63, 3.8) is 0 Å². The molecule has 0 fully saturated rings. The van der Waals surface area contributed by atoms with Crippen LogP contribution in [0.25, 0.3) is 11.3 Å². The first-order chi connectivity index (χ1) is 9.62. The summed E-state index contributed by atoms with van der Waals surface area (Å²) in [6, 6.07) is 4.31. The maximum Gasteiger partial charge on any atom is 0.165 e. The van der Waals surface area contributed by atoms with E-state index in [0.29, 0.717) is 17.5 Å². The van der Waals surface area contributed by atoms with Crippen LogP contribution >= 0.6 is 0 Å². The third-order valence-electron chi connectivity index (χ3n) is 2.82. The van der Waals surface area contributed by atoms with Crippen LogP contribution in [0.4, 0.5) is 10.2 Å². The molecule has 1 aromatic carbocycles. The summed E-state index contributed by atoms with van der Waals surface area (Å²) in [5.74, 6) is -0.250. The van der Waals surface area contributed by atoms with Gasteiger partial charge in [0, 0.05) is 12.7 Å². The van der Waals surface area contributed by atoms with Crippen molar-refractivity contribution in [2.24, 2.45) is 0 Å². The number of carbonyl (C=O) groups is 1. The molecular weight excluding hydrogens is 265 g/mol. The van der Waals surface area contributed by atoms with Crippen LogP contribution in [0.3, 0.4) is 0 Å². The van der Waals surface area contributed by atoms with Crippen molar-refractivity contribution in [1.29, 1.82) is 0 Å².